The number of hydrogen-bond acceptors (Lipinski definition) is 4. The first-order valence-corrected chi connectivity index (χ1v) is 8.70. The minimum Gasteiger partial charge on any atom is -0.298 e. The van der Waals surface area contributed by atoms with E-state index in [0.717, 1.165) is 24.3 Å². The van der Waals surface area contributed by atoms with E-state index in [0.29, 0.717) is 30.8 Å². The molecule has 1 aliphatic rings. The summed E-state index contributed by atoms with van der Waals surface area (Å²) in [5, 5.41) is 0. The van der Waals surface area contributed by atoms with Crippen molar-refractivity contribution in [2.24, 2.45) is 5.92 Å². The number of aromatic nitrogens is 2. The maximum absolute atomic E-state index is 13.3. The van der Waals surface area contributed by atoms with E-state index in [1.54, 1.807) is 16.7 Å². The average Bonchev–Trinajstić information content (AvgIpc) is 2.58. The van der Waals surface area contributed by atoms with E-state index in [1.807, 2.05) is 18.7 Å². The molecular formula is C19H25FN4O. The second-order valence-electron chi connectivity index (χ2n) is 7.12. The van der Waals surface area contributed by atoms with Gasteiger partial charge in [0.1, 0.15) is 5.82 Å². The van der Waals surface area contributed by atoms with Crippen LogP contribution in [0.3, 0.4) is 0 Å². The second kappa shape index (κ2) is 6.96. The predicted molar refractivity (Wildman–Crippen MR) is 97.5 cm³/mol. The highest BCUT2D eigenvalue weighted by Gasteiger charge is 2.27. The minimum atomic E-state index is -0.275. The maximum Gasteiger partial charge on any atom is 0.259 e. The molecule has 0 fully saturated rings. The number of aryl methyl sites for hydroxylation is 1. The van der Waals surface area contributed by atoms with Gasteiger partial charge in [0, 0.05) is 23.5 Å². The Kier molecular flexibility index (Phi) is 4.90. The summed E-state index contributed by atoms with van der Waals surface area (Å²) in [6, 6.07) is 6.33. The summed E-state index contributed by atoms with van der Waals surface area (Å²) in [6.07, 6.45) is 1.06. The summed E-state index contributed by atoms with van der Waals surface area (Å²) in [5.74, 6) is 0.943. The van der Waals surface area contributed by atoms with Crippen LogP contribution in [0.5, 0.6) is 0 Å². The normalized spacial score (nSPS) is 14.9. The summed E-state index contributed by atoms with van der Waals surface area (Å²) in [6.45, 7) is 10.1. The molecular weight excluding hydrogens is 319 g/mol. The molecule has 0 saturated carbocycles. The SMILES string of the molecule is Cc1nc2n(c(=O)c1C)CN(CCC(C)C)CN2c1ccc(F)cc1. The molecule has 1 aromatic carbocycles. The van der Waals surface area contributed by atoms with E-state index >= 15 is 0 Å². The van der Waals surface area contributed by atoms with Crippen molar-refractivity contribution in [3.63, 3.8) is 0 Å². The van der Waals surface area contributed by atoms with Gasteiger partial charge in [0.15, 0.2) is 0 Å². The van der Waals surface area contributed by atoms with Crippen molar-refractivity contribution in [1.29, 1.82) is 0 Å². The first-order chi connectivity index (χ1) is 11.9. The topological polar surface area (TPSA) is 41.4 Å². The van der Waals surface area contributed by atoms with Crippen LogP contribution in [0.2, 0.25) is 0 Å². The molecule has 0 atom stereocenters. The van der Waals surface area contributed by atoms with Crippen LogP contribution < -0.4 is 10.5 Å². The lowest BCUT2D eigenvalue weighted by Gasteiger charge is -2.38. The molecule has 3 rings (SSSR count). The van der Waals surface area contributed by atoms with E-state index in [1.165, 1.54) is 12.1 Å². The largest absolute Gasteiger partial charge is 0.298 e. The summed E-state index contributed by atoms with van der Waals surface area (Å²) < 4.78 is 15.0. The van der Waals surface area contributed by atoms with Crippen LogP contribution in [0, 0.1) is 25.6 Å². The Labute approximate surface area is 147 Å². The molecule has 5 nitrogen and oxygen atoms in total. The molecule has 6 heteroatoms. The molecule has 25 heavy (non-hydrogen) atoms. The Bertz CT molecular complexity index is 813. The van der Waals surface area contributed by atoms with E-state index in [4.69, 9.17) is 0 Å². The zero-order valence-corrected chi connectivity index (χ0v) is 15.3. The summed E-state index contributed by atoms with van der Waals surface area (Å²) in [7, 11) is 0. The van der Waals surface area contributed by atoms with Crippen molar-refractivity contribution < 1.29 is 4.39 Å². The van der Waals surface area contributed by atoms with E-state index in [-0.39, 0.29) is 11.4 Å². The molecule has 0 amide bonds. The summed E-state index contributed by atoms with van der Waals surface area (Å²) >= 11 is 0. The summed E-state index contributed by atoms with van der Waals surface area (Å²) in [4.78, 5) is 21.6. The zero-order valence-electron chi connectivity index (χ0n) is 15.3. The molecule has 0 spiro atoms. The van der Waals surface area contributed by atoms with E-state index in [2.05, 4.69) is 23.7 Å². The van der Waals surface area contributed by atoms with Gasteiger partial charge in [-0.25, -0.2) is 9.37 Å². The van der Waals surface area contributed by atoms with Gasteiger partial charge in [-0.3, -0.25) is 19.2 Å². The number of nitrogens with zero attached hydrogens (tertiary/aromatic N) is 4. The van der Waals surface area contributed by atoms with Gasteiger partial charge in [0.05, 0.1) is 13.3 Å². The third-order valence-corrected chi connectivity index (χ3v) is 4.70. The summed E-state index contributed by atoms with van der Waals surface area (Å²) in [5.41, 5.74) is 2.23. The molecule has 2 aromatic rings. The molecule has 0 N–H and O–H groups in total. The second-order valence-corrected chi connectivity index (χ2v) is 7.12. The fourth-order valence-electron chi connectivity index (χ4n) is 2.98. The standard InChI is InChI=1S/C19H25FN4O/c1-13(2)9-10-22-11-23(17-7-5-16(20)6-8-17)19-21-15(4)14(3)18(25)24(19)12-22/h5-8,13H,9-12H2,1-4H3. The number of anilines is 2. The molecule has 134 valence electrons. The Hall–Kier alpha value is -2.21. The quantitative estimate of drug-likeness (QED) is 0.852. The first kappa shape index (κ1) is 17.6. The van der Waals surface area contributed by atoms with Gasteiger partial charge in [-0.2, -0.15) is 0 Å². The highest BCUT2D eigenvalue weighted by molar-refractivity contribution is 5.58. The molecule has 1 aliphatic heterocycles. The van der Waals surface area contributed by atoms with Crippen molar-refractivity contribution in [2.75, 3.05) is 18.1 Å². The van der Waals surface area contributed by atoms with Crippen LogP contribution in [0.1, 0.15) is 31.5 Å². The van der Waals surface area contributed by atoms with Gasteiger partial charge in [-0.05, 0) is 50.5 Å². The van der Waals surface area contributed by atoms with Gasteiger partial charge >= 0.3 is 0 Å². The van der Waals surface area contributed by atoms with Gasteiger partial charge in [-0.15, -0.1) is 0 Å². The minimum absolute atomic E-state index is 0.0103. The van der Waals surface area contributed by atoms with E-state index in [9.17, 15) is 9.18 Å². The molecule has 0 unspecified atom stereocenters. The van der Waals surface area contributed by atoms with Crippen molar-refractivity contribution >= 4 is 11.6 Å². The zero-order chi connectivity index (χ0) is 18.1. The Morgan fingerprint density at radius 3 is 2.48 bits per heavy atom. The van der Waals surface area contributed by atoms with Crippen molar-refractivity contribution in [3.05, 3.63) is 51.7 Å². The van der Waals surface area contributed by atoms with Gasteiger partial charge < -0.3 is 0 Å². The number of benzene rings is 1. The van der Waals surface area contributed by atoms with Gasteiger partial charge in [0.2, 0.25) is 5.95 Å². The van der Waals surface area contributed by atoms with Crippen LogP contribution in [-0.4, -0.2) is 27.7 Å². The lowest BCUT2D eigenvalue weighted by Crippen LogP contribution is -2.48. The maximum atomic E-state index is 13.3. The highest BCUT2D eigenvalue weighted by Crippen LogP contribution is 2.27. The first-order valence-electron chi connectivity index (χ1n) is 8.70. The van der Waals surface area contributed by atoms with Crippen LogP contribution in [0.15, 0.2) is 29.1 Å². The third kappa shape index (κ3) is 3.58. The lowest BCUT2D eigenvalue weighted by molar-refractivity contribution is 0.188. The smallest absolute Gasteiger partial charge is 0.259 e. The molecule has 0 radical (unpaired) electrons. The van der Waals surface area contributed by atoms with Crippen molar-refractivity contribution in [2.45, 2.75) is 40.8 Å². The number of hydrogen-bond donors (Lipinski definition) is 0. The van der Waals surface area contributed by atoms with Crippen molar-refractivity contribution in [1.82, 2.24) is 14.5 Å². The van der Waals surface area contributed by atoms with Crippen LogP contribution in [-0.2, 0) is 6.67 Å². The number of rotatable bonds is 4. The Morgan fingerprint density at radius 2 is 1.84 bits per heavy atom. The fourth-order valence-corrected chi connectivity index (χ4v) is 2.98. The number of halogens is 1. The average molecular weight is 344 g/mol. The van der Waals surface area contributed by atoms with E-state index < -0.39 is 0 Å². The Balaban J connectivity index is 2.04. The highest BCUT2D eigenvalue weighted by atomic mass is 19.1. The molecule has 0 aliphatic carbocycles. The van der Waals surface area contributed by atoms with Gasteiger partial charge in [-0.1, -0.05) is 13.8 Å². The van der Waals surface area contributed by atoms with Crippen LogP contribution >= 0.6 is 0 Å². The molecule has 2 heterocycles. The van der Waals surface area contributed by atoms with Crippen molar-refractivity contribution in [3.8, 4) is 0 Å². The molecule has 0 bridgehead atoms. The Morgan fingerprint density at radius 1 is 1.16 bits per heavy atom. The number of fused-ring (bicyclic) bond motifs is 1. The molecule has 1 aromatic heterocycles. The fraction of sp³-hybridized carbons (Fsp3) is 0.474. The van der Waals surface area contributed by atoms with Crippen LogP contribution in [0.4, 0.5) is 16.0 Å². The van der Waals surface area contributed by atoms with Crippen LogP contribution in [0.25, 0.3) is 0 Å². The lowest BCUT2D eigenvalue weighted by atomic mass is 10.1. The monoisotopic (exact) mass is 344 g/mol. The molecule has 0 saturated heterocycles. The predicted octanol–water partition coefficient (Wildman–Crippen LogP) is 3.41. The van der Waals surface area contributed by atoms with Gasteiger partial charge in [0.25, 0.3) is 5.56 Å². The third-order valence-electron chi connectivity index (χ3n) is 4.70.